The van der Waals surface area contributed by atoms with Crippen LogP contribution in [-0.4, -0.2) is 66.5 Å². The first-order valence-corrected chi connectivity index (χ1v) is 37.9. The van der Waals surface area contributed by atoms with Gasteiger partial charge >= 0.3 is 17.9 Å². The highest BCUT2D eigenvalue weighted by molar-refractivity contribution is 7.23. The lowest BCUT2D eigenvalue weighted by Gasteiger charge is -2.28. The monoisotopic (exact) mass is 1380 g/mol. The van der Waals surface area contributed by atoms with Crippen LogP contribution in [0.1, 0.15) is 183 Å². The summed E-state index contributed by atoms with van der Waals surface area (Å²) >= 11 is 5.00. The Morgan fingerprint density at radius 1 is 0.404 bits per heavy atom. The van der Waals surface area contributed by atoms with Gasteiger partial charge in [-0.1, -0.05) is 134 Å². The molecule has 0 bridgehead atoms. The smallest absolute Gasteiger partial charge is 0.336 e. The van der Waals surface area contributed by atoms with Gasteiger partial charge in [-0.05, 0) is 220 Å². The highest BCUT2D eigenvalue weighted by Gasteiger charge is 2.30. The number of fused-ring (bicyclic) bond motifs is 6. The fourth-order valence-electron chi connectivity index (χ4n) is 15.4. The number of hydrogen-bond acceptors (Lipinski definition) is 12. The number of pyridine rings is 3. The molecule has 6 aromatic heterocycles. The van der Waals surface area contributed by atoms with E-state index in [9.17, 15) is 29.7 Å². The van der Waals surface area contributed by atoms with Crippen LogP contribution in [0.5, 0.6) is 17.2 Å². The van der Waals surface area contributed by atoms with E-state index < -0.39 is 17.9 Å². The van der Waals surface area contributed by atoms with E-state index in [1.54, 1.807) is 52.2 Å². The van der Waals surface area contributed by atoms with Crippen molar-refractivity contribution < 1.29 is 43.9 Å². The molecule has 3 N–H and O–H groups in total. The van der Waals surface area contributed by atoms with Crippen molar-refractivity contribution in [3.05, 3.63) is 177 Å². The first-order valence-electron chi connectivity index (χ1n) is 35.4. The van der Waals surface area contributed by atoms with Crippen molar-refractivity contribution in [2.75, 3.05) is 0 Å². The molecule has 12 aromatic rings. The summed E-state index contributed by atoms with van der Waals surface area (Å²) in [5, 5.41) is 36.1. The summed E-state index contributed by atoms with van der Waals surface area (Å²) in [5.74, 6) is 0.980. The predicted octanol–water partition coefficient (Wildman–Crippen LogP) is 22.9. The summed E-state index contributed by atoms with van der Waals surface area (Å²) in [6.45, 7) is 19.3. The maximum absolute atomic E-state index is 12.5. The molecule has 6 heterocycles. The van der Waals surface area contributed by atoms with Gasteiger partial charge in [0.15, 0.2) is 0 Å². The fourth-order valence-corrected chi connectivity index (χ4v) is 18.9. The largest absolute Gasteiger partial charge is 0.490 e. The van der Waals surface area contributed by atoms with Crippen molar-refractivity contribution in [3.63, 3.8) is 0 Å². The second kappa shape index (κ2) is 29.6. The van der Waals surface area contributed by atoms with E-state index in [0.29, 0.717) is 51.2 Å². The molecule has 6 aromatic carbocycles. The Kier molecular flexibility index (Phi) is 20.5. The highest BCUT2D eigenvalue weighted by Crippen LogP contribution is 2.46. The Morgan fingerprint density at radius 2 is 0.677 bits per heavy atom. The van der Waals surface area contributed by atoms with Crippen LogP contribution in [0.4, 0.5) is 0 Å². The lowest BCUT2D eigenvalue weighted by Crippen LogP contribution is -2.24. The minimum absolute atomic E-state index is 0.121. The average Bonchev–Trinajstić information content (AvgIpc) is 1.61. The summed E-state index contributed by atoms with van der Waals surface area (Å²) in [7, 11) is 0. The van der Waals surface area contributed by atoms with Gasteiger partial charge in [-0.25, -0.2) is 29.3 Å². The van der Waals surface area contributed by atoms with E-state index >= 15 is 0 Å². The van der Waals surface area contributed by atoms with Gasteiger partial charge in [-0.2, -0.15) is 0 Å². The number of carboxylic acid groups (broad SMARTS) is 3. The third kappa shape index (κ3) is 14.1. The first-order chi connectivity index (χ1) is 47.9. The Morgan fingerprint density at radius 3 is 0.919 bits per heavy atom. The van der Waals surface area contributed by atoms with Crippen molar-refractivity contribution in [2.45, 2.75) is 177 Å². The molecule has 0 saturated heterocycles. The van der Waals surface area contributed by atoms with Crippen molar-refractivity contribution in [1.82, 2.24) is 15.0 Å². The second-order valence-corrected chi connectivity index (χ2v) is 30.8. The molecule has 12 nitrogen and oxygen atoms in total. The molecule has 3 saturated carbocycles. The minimum Gasteiger partial charge on any atom is -0.490 e. The molecule has 15 heteroatoms. The zero-order chi connectivity index (χ0) is 69.3. The van der Waals surface area contributed by atoms with E-state index in [2.05, 4.69) is 98.7 Å². The van der Waals surface area contributed by atoms with Gasteiger partial charge in [-0.15, -0.1) is 34.0 Å². The average molecular weight is 1380 g/mol. The number of aromatic nitrogens is 3. The molecular weight excluding hydrogens is 1290 g/mol. The van der Waals surface area contributed by atoms with Crippen LogP contribution in [-0.2, 0) is 19.3 Å². The van der Waals surface area contributed by atoms with Crippen LogP contribution in [0.15, 0.2) is 127 Å². The van der Waals surface area contributed by atoms with Gasteiger partial charge in [0.05, 0.1) is 99.4 Å². The zero-order valence-electron chi connectivity index (χ0n) is 58.1. The molecule has 15 rings (SSSR count). The number of rotatable bonds is 15. The molecule has 3 aliphatic rings. The van der Waals surface area contributed by atoms with Crippen molar-refractivity contribution in [2.24, 2.45) is 17.8 Å². The van der Waals surface area contributed by atoms with Gasteiger partial charge in [0, 0.05) is 14.1 Å². The molecule has 99 heavy (non-hydrogen) atoms. The van der Waals surface area contributed by atoms with Crippen LogP contribution in [0, 0.1) is 38.5 Å². The molecule has 0 amide bonds. The maximum atomic E-state index is 12.5. The van der Waals surface area contributed by atoms with Gasteiger partial charge < -0.3 is 29.5 Å². The quantitative estimate of drug-likeness (QED) is 0.0886. The molecule has 3 aliphatic carbocycles. The summed E-state index contributed by atoms with van der Waals surface area (Å²) in [5.41, 5.74) is 11.7. The first kappa shape index (κ1) is 68.8. The lowest BCUT2D eigenvalue weighted by atomic mass is 9.88. The number of carbonyl (C=O) groups is 3. The highest BCUT2D eigenvalue weighted by atomic mass is 32.1. The van der Waals surface area contributed by atoms with Crippen molar-refractivity contribution in [1.29, 1.82) is 0 Å². The number of nitrogens with zero attached hydrogens (tertiary/aromatic N) is 3. The molecule has 0 radical (unpaired) electrons. The fraction of sp³-hybridized carbons (Fsp3) is 0.357. The number of thiophene rings is 3. The molecule has 0 unspecified atom stereocenters. The molecule has 0 spiro atoms. The van der Waals surface area contributed by atoms with E-state index in [1.807, 2.05) is 72.8 Å². The molecular formula is C84H87N3O9S3. The third-order valence-corrected chi connectivity index (χ3v) is 24.5. The summed E-state index contributed by atoms with van der Waals surface area (Å²) in [4.78, 5) is 55.6. The summed E-state index contributed by atoms with van der Waals surface area (Å²) in [6, 6.07) is 42.0. The number of carboxylic acids is 3. The van der Waals surface area contributed by atoms with Crippen LogP contribution in [0.25, 0.3) is 94.7 Å². The lowest BCUT2D eigenvalue weighted by molar-refractivity contribution is 0.0687. The van der Waals surface area contributed by atoms with Crippen molar-refractivity contribution >= 4 is 115 Å². The minimum atomic E-state index is -0.947. The standard InChI is InChI=1S/3C28H29NO3S/c3*1-4-18-12-13-23(32-19-9-7-8-16(2)14-19)25-21(28(30)31)15-22(29-26(18)25)27-17(3)20-10-5-6-11-24(20)33-27/h3*5-6,10-13,15-16,19H,4,7-9,14H2,1-3H3,(H,30,31)/t16-,19+;2*16-,19-/m110/s1. The Hall–Kier alpha value is -8.76. The molecule has 3 fully saturated rings. The Bertz CT molecular complexity index is 4570. The van der Waals surface area contributed by atoms with Gasteiger partial charge in [0.1, 0.15) is 17.2 Å². The number of benzene rings is 6. The summed E-state index contributed by atoms with van der Waals surface area (Å²) < 4.78 is 22.9. The number of hydrogen-bond donors (Lipinski definition) is 3. The molecule has 0 aliphatic heterocycles. The molecule has 6 atom stereocenters. The number of ether oxygens (including phenoxy) is 3. The van der Waals surface area contributed by atoms with Crippen molar-refractivity contribution in [3.8, 4) is 49.0 Å². The Labute approximate surface area is 591 Å². The number of aryl methyl sites for hydroxylation is 6. The van der Waals surface area contributed by atoms with E-state index in [4.69, 9.17) is 29.2 Å². The van der Waals surface area contributed by atoms with Crippen LogP contribution < -0.4 is 14.2 Å². The second-order valence-electron chi connectivity index (χ2n) is 27.7. The Balaban J connectivity index is 0.000000133. The van der Waals surface area contributed by atoms with Gasteiger partial charge in [-0.3, -0.25) is 0 Å². The maximum Gasteiger partial charge on any atom is 0.336 e. The van der Waals surface area contributed by atoms with E-state index in [0.717, 1.165) is 159 Å². The SMILES string of the molecule is CCc1ccc(O[C@@H]2CCC[C@@H](C)C2)c2c(C(=O)O)cc(-c3sc4ccccc4c3C)nc12.CCc1ccc(O[C@H]2CCC[C@@H](C)C2)c2c(C(=O)O)cc(-c3sc4ccccc4c3C)nc12.CCc1ccc(O[C@H]2CCC[C@H](C)C2)c2c(C(=O)O)cc(-c3sc4ccccc4c3C)nc12. The number of aromatic carboxylic acids is 3. The van der Waals surface area contributed by atoms with Gasteiger partial charge in [0.25, 0.3) is 0 Å². The topological polar surface area (TPSA) is 178 Å². The van der Waals surface area contributed by atoms with Gasteiger partial charge in [0.2, 0.25) is 0 Å². The summed E-state index contributed by atoms with van der Waals surface area (Å²) in [6.07, 6.45) is 15.9. The van der Waals surface area contributed by atoms with E-state index in [-0.39, 0.29) is 35.0 Å². The normalized spacial score (nSPS) is 18.6. The zero-order valence-corrected chi connectivity index (χ0v) is 60.5. The van der Waals surface area contributed by atoms with Crippen LogP contribution in [0.2, 0.25) is 0 Å². The third-order valence-electron chi connectivity index (χ3n) is 20.6. The van der Waals surface area contributed by atoms with E-state index in [1.165, 1.54) is 49.5 Å². The van der Waals surface area contributed by atoms with Crippen LogP contribution in [0.3, 0.4) is 0 Å². The molecule has 510 valence electrons. The predicted molar refractivity (Wildman–Crippen MR) is 407 cm³/mol. The van der Waals surface area contributed by atoms with Crippen LogP contribution >= 0.6 is 34.0 Å².